The average molecular weight is 215 g/mol. The van der Waals surface area contributed by atoms with Gasteiger partial charge in [0.05, 0.1) is 19.3 Å². The normalized spacial score (nSPS) is 11.9. The van der Waals surface area contributed by atoms with Crippen LogP contribution in [0.4, 0.5) is 13.2 Å². The van der Waals surface area contributed by atoms with Gasteiger partial charge in [-0.25, -0.2) is 0 Å². The number of alkyl halides is 3. The SMILES string of the molecule is COCC(COC)NC(=O)C(F)(F)F. The summed E-state index contributed by atoms with van der Waals surface area (Å²) in [7, 11) is 2.64. The van der Waals surface area contributed by atoms with E-state index in [1.807, 2.05) is 0 Å². The van der Waals surface area contributed by atoms with Gasteiger partial charge in [0.25, 0.3) is 0 Å². The van der Waals surface area contributed by atoms with E-state index in [2.05, 4.69) is 9.47 Å². The number of hydrogen-bond donors (Lipinski definition) is 1. The minimum absolute atomic E-state index is 0.0321. The maximum absolute atomic E-state index is 11.8. The van der Waals surface area contributed by atoms with Crippen LogP contribution in [0.1, 0.15) is 0 Å². The third kappa shape index (κ3) is 5.03. The molecule has 0 heterocycles. The zero-order valence-electron chi connectivity index (χ0n) is 7.85. The Labute approximate surface area is 79.4 Å². The van der Waals surface area contributed by atoms with Gasteiger partial charge in [-0.1, -0.05) is 0 Å². The van der Waals surface area contributed by atoms with Crippen molar-refractivity contribution in [1.29, 1.82) is 0 Å². The molecule has 1 amide bonds. The predicted molar refractivity (Wildman–Crippen MR) is 41.7 cm³/mol. The van der Waals surface area contributed by atoms with Gasteiger partial charge in [-0.05, 0) is 0 Å². The molecule has 0 radical (unpaired) electrons. The van der Waals surface area contributed by atoms with Crippen molar-refractivity contribution < 1.29 is 27.4 Å². The molecule has 14 heavy (non-hydrogen) atoms. The molecule has 4 nitrogen and oxygen atoms in total. The number of amides is 1. The molecule has 0 aliphatic rings. The van der Waals surface area contributed by atoms with Gasteiger partial charge in [-0.3, -0.25) is 4.79 Å². The van der Waals surface area contributed by atoms with E-state index < -0.39 is 18.1 Å². The molecular formula is C7H12F3NO3. The van der Waals surface area contributed by atoms with Crippen LogP contribution in [-0.2, 0) is 14.3 Å². The molecule has 0 aromatic rings. The standard InChI is InChI=1S/C7H12F3NO3/c1-13-3-5(4-14-2)11-6(12)7(8,9)10/h5H,3-4H2,1-2H3,(H,11,12). The van der Waals surface area contributed by atoms with Crippen LogP contribution < -0.4 is 5.32 Å². The Morgan fingerprint density at radius 3 is 2.00 bits per heavy atom. The maximum Gasteiger partial charge on any atom is 0.471 e. The summed E-state index contributed by atoms with van der Waals surface area (Å²) in [6.07, 6.45) is -4.88. The molecule has 7 heteroatoms. The van der Waals surface area contributed by atoms with E-state index in [4.69, 9.17) is 0 Å². The lowest BCUT2D eigenvalue weighted by Crippen LogP contribution is -2.47. The number of carbonyl (C=O) groups is 1. The van der Waals surface area contributed by atoms with Gasteiger partial charge in [-0.2, -0.15) is 13.2 Å². The fraction of sp³-hybridized carbons (Fsp3) is 0.857. The summed E-state index contributed by atoms with van der Waals surface area (Å²) in [6.45, 7) is -0.0642. The molecule has 1 N–H and O–H groups in total. The van der Waals surface area contributed by atoms with Crippen LogP contribution >= 0.6 is 0 Å². The summed E-state index contributed by atoms with van der Waals surface area (Å²) in [5, 5.41) is 1.74. The van der Waals surface area contributed by atoms with Crippen LogP contribution in [0.2, 0.25) is 0 Å². The summed E-state index contributed by atoms with van der Waals surface area (Å²) in [5.74, 6) is -1.99. The molecule has 0 saturated carbocycles. The fourth-order valence-corrected chi connectivity index (χ4v) is 0.801. The van der Waals surface area contributed by atoms with E-state index in [0.29, 0.717) is 0 Å². The van der Waals surface area contributed by atoms with E-state index in [0.717, 1.165) is 0 Å². The number of hydrogen-bond acceptors (Lipinski definition) is 3. The van der Waals surface area contributed by atoms with Crippen LogP contribution in [0.25, 0.3) is 0 Å². The second-order valence-electron chi connectivity index (χ2n) is 2.58. The summed E-state index contributed by atoms with van der Waals surface area (Å²) >= 11 is 0. The van der Waals surface area contributed by atoms with Crippen molar-refractivity contribution >= 4 is 5.91 Å². The van der Waals surface area contributed by atoms with Gasteiger partial charge in [0.1, 0.15) is 0 Å². The van der Waals surface area contributed by atoms with Crippen molar-refractivity contribution in [3.8, 4) is 0 Å². The average Bonchev–Trinajstić information content (AvgIpc) is 2.03. The van der Waals surface area contributed by atoms with Gasteiger partial charge in [0.2, 0.25) is 0 Å². The van der Waals surface area contributed by atoms with Crippen LogP contribution in [0, 0.1) is 0 Å². The monoisotopic (exact) mass is 215 g/mol. The molecule has 0 rings (SSSR count). The molecule has 0 aliphatic heterocycles. The number of carbonyl (C=O) groups excluding carboxylic acids is 1. The van der Waals surface area contributed by atoms with Gasteiger partial charge in [0.15, 0.2) is 0 Å². The summed E-state index contributed by atoms with van der Waals surface area (Å²) in [5.41, 5.74) is 0. The number of halogens is 3. The Morgan fingerprint density at radius 2 is 1.71 bits per heavy atom. The van der Waals surface area contributed by atoms with Crippen molar-refractivity contribution in [3.63, 3.8) is 0 Å². The van der Waals surface area contributed by atoms with Crippen molar-refractivity contribution in [2.75, 3.05) is 27.4 Å². The number of rotatable bonds is 5. The summed E-state index contributed by atoms with van der Waals surface area (Å²) in [6, 6.07) is -0.792. The minimum atomic E-state index is -4.88. The molecular weight excluding hydrogens is 203 g/mol. The Bertz CT molecular complexity index is 178. The van der Waals surface area contributed by atoms with Crippen molar-refractivity contribution in [1.82, 2.24) is 5.32 Å². The van der Waals surface area contributed by atoms with Crippen LogP contribution in [0.15, 0.2) is 0 Å². The Hall–Kier alpha value is -0.820. The lowest BCUT2D eigenvalue weighted by molar-refractivity contribution is -0.175. The highest BCUT2D eigenvalue weighted by Crippen LogP contribution is 2.14. The first-order valence-electron chi connectivity index (χ1n) is 3.77. The van der Waals surface area contributed by atoms with Gasteiger partial charge in [-0.15, -0.1) is 0 Å². The quantitative estimate of drug-likeness (QED) is 0.718. The molecule has 0 saturated heterocycles. The maximum atomic E-state index is 11.8. The predicted octanol–water partition coefficient (Wildman–Crippen LogP) is 0.326. The highest BCUT2D eigenvalue weighted by molar-refractivity contribution is 5.81. The van der Waals surface area contributed by atoms with E-state index in [-0.39, 0.29) is 13.2 Å². The lowest BCUT2D eigenvalue weighted by atomic mass is 10.3. The smallest absolute Gasteiger partial charge is 0.382 e. The Balaban J connectivity index is 4.08. The van der Waals surface area contributed by atoms with E-state index >= 15 is 0 Å². The summed E-state index contributed by atoms with van der Waals surface area (Å²) in [4.78, 5) is 10.5. The van der Waals surface area contributed by atoms with Gasteiger partial charge in [0, 0.05) is 14.2 Å². The number of methoxy groups -OCH3 is 2. The molecule has 0 aliphatic carbocycles. The lowest BCUT2D eigenvalue weighted by Gasteiger charge is -2.17. The topological polar surface area (TPSA) is 47.6 Å². The van der Waals surface area contributed by atoms with Crippen molar-refractivity contribution in [3.05, 3.63) is 0 Å². The fourth-order valence-electron chi connectivity index (χ4n) is 0.801. The molecule has 0 atom stereocenters. The molecule has 84 valence electrons. The Morgan fingerprint density at radius 1 is 1.29 bits per heavy atom. The van der Waals surface area contributed by atoms with Crippen LogP contribution in [0.5, 0.6) is 0 Å². The molecule has 0 bridgehead atoms. The number of ether oxygens (including phenoxy) is 2. The van der Waals surface area contributed by atoms with E-state index in [1.165, 1.54) is 14.2 Å². The first-order valence-corrected chi connectivity index (χ1v) is 3.77. The first kappa shape index (κ1) is 13.2. The molecule has 0 spiro atoms. The molecule has 0 aromatic carbocycles. The largest absolute Gasteiger partial charge is 0.471 e. The number of nitrogens with one attached hydrogen (secondary N) is 1. The van der Waals surface area contributed by atoms with Crippen LogP contribution in [0.3, 0.4) is 0 Å². The summed E-state index contributed by atoms with van der Waals surface area (Å²) < 4.78 is 44.6. The second-order valence-corrected chi connectivity index (χ2v) is 2.58. The highest BCUT2D eigenvalue weighted by atomic mass is 19.4. The van der Waals surface area contributed by atoms with E-state index in [9.17, 15) is 18.0 Å². The molecule has 0 fully saturated rings. The van der Waals surface area contributed by atoms with Crippen molar-refractivity contribution in [2.45, 2.75) is 12.2 Å². The van der Waals surface area contributed by atoms with Gasteiger partial charge < -0.3 is 14.8 Å². The highest BCUT2D eigenvalue weighted by Gasteiger charge is 2.39. The molecule has 0 unspecified atom stereocenters. The first-order chi connectivity index (χ1) is 6.41. The zero-order chi connectivity index (χ0) is 11.2. The van der Waals surface area contributed by atoms with Crippen molar-refractivity contribution in [2.24, 2.45) is 0 Å². The minimum Gasteiger partial charge on any atom is -0.382 e. The Kier molecular flexibility index (Phi) is 5.47. The zero-order valence-corrected chi connectivity index (χ0v) is 7.85. The van der Waals surface area contributed by atoms with E-state index in [1.54, 1.807) is 5.32 Å². The van der Waals surface area contributed by atoms with Gasteiger partial charge >= 0.3 is 12.1 Å². The third-order valence-electron chi connectivity index (χ3n) is 1.33. The third-order valence-corrected chi connectivity index (χ3v) is 1.33. The van der Waals surface area contributed by atoms with Crippen LogP contribution in [-0.4, -0.2) is 45.6 Å². The molecule has 0 aromatic heterocycles. The second kappa shape index (κ2) is 5.82.